The van der Waals surface area contributed by atoms with Crippen LogP contribution in [-0.4, -0.2) is 15.1 Å². The molecule has 1 aromatic heterocycles. The molecule has 29 heavy (non-hydrogen) atoms. The number of rotatable bonds is 4. The van der Waals surface area contributed by atoms with Crippen molar-refractivity contribution in [3.63, 3.8) is 0 Å². The van der Waals surface area contributed by atoms with Crippen LogP contribution in [0, 0.1) is 0 Å². The van der Waals surface area contributed by atoms with Crippen LogP contribution in [-0.2, 0) is 0 Å². The lowest BCUT2D eigenvalue weighted by Gasteiger charge is -2.13. The topological polar surface area (TPSA) is 61.9 Å². The molecule has 8 heteroatoms. The Balaban J connectivity index is 1.56. The second kappa shape index (κ2) is 8.86. The summed E-state index contributed by atoms with van der Waals surface area (Å²) >= 11 is 12.4. The molecule has 0 saturated carbocycles. The van der Waals surface area contributed by atoms with E-state index in [9.17, 15) is 0 Å². The van der Waals surface area contributed by atoms with Gasteiger partial charge < -0.3 is 16.0 Å². The second-order valence-electron chi connectivity index (χ2n) is 6.18. The molecule has 3 N–H and O–H groups in total. The summed E-state index contributed by atoms with van der Waals surface area (Å²) in [7, 11) is 0. The normalized spacial score (nSPS) is 10.6. The molecule has 0 spiro atoms. The number of fused-ring (bicyclic) bond motifs is 1. The number of benzene rings is 3. The first kappa shape index (κ1) is 19.8. The molecule has 0 aliphatic heterocycles. The van der Waals surface area contributed by atoms with Crippen molar-refractivity contribution in [3.8, 4) is 0 Å². The van der Waals surface area contributed by atoms with Crippen LogP contribution in [0.15, 0.2) is 82.0 Å². The van der Waals surface area contributed by atoms with Gasteiger partial charge in [-0.15, -0.1) is 0 Å². The van der Waals surface area contributed by atoms with Gasteiger partial charge >= 0.3 is 0 Å². The fourth-order valence-electron chi connectivity index (χ4n) is 2.76. The Morgan fingerprint density at radius 1 is 0.759 bits per heavy atom. The maximum absolute atomic E-state index is 5.44. The molecule has 4 aromatic rings. The molecule has 0 radical (unpaired) electrons. The standard InChI is InChI=1S/C21H15Br2N5S/c22-13-4-6-15(7-5-13)27-21(29)28-17-8-9-19-18(11-17)20(25-12-24-19)26-16-3-1-2-14(23)10-16/h1-12H,(H,24,25,26)(H2,27,28,29). The molecule has 0 atom stereocenters. The lowest BCUT2D eigenvalue weighted by molar-refractivity contribution is 1.22. The third-order valence-electron chi connectivity index (χ3n) is 4.08. The molecular weight excluding hydrogens is 514 g/mol. The molecule has 0 aliphatic carbocycles. The Hall–Kier alpha value is -2.55. The lowest BCUT2D eigenvalue weighted by Crippen LogP contribution is -2.18. The number of anilines is 4. The van der Waals surface area contributed by atoms with E-state index in [1.165, 1.54) is 0 Å². The molecule has 0 bridgehead atoms. The summed E-state index contributed by atoms with van der Waals surface area (Å²) in [5, 5.41) is 11.1. The molecule has 3 aromatic carbocycles. The molecule has 5 nitrogen and oxygen atoms in total. The highest BCUT2D eigenvalue weighted by Gasteiger charge is 2.07. The second-order valence-corrected chi connectivity index (χ2v) is 8.42. The van der Waals surface area contributed by atoms with Crippen molar-refractivity contribution in [1.29, 1.82) is 0 Å². The molecule has 1 heterocycles. The van der Waals surface area contributed by atoms with Gasteiger partial charge in [-0.25, -0.2) is 9.97 Å². The van der Waals surface area contributed by atoms with E-state index in [2.05, 4.69) is 57.8 Å². The third-order valence-corrected chi connectivity index (χ3v) is 5.31. The Labute approximate surface area is 190 Å². The monoisotopic (exact) mass is 527 g/mol. The number of halogens is 2. The summed E-state index contributed by atoms with van der Waals surface area (Å²) in [6, 6.07) is 21.6. The van der Waals surface area contributed by atoms with Crippen LogP contribution in [0.3, 0.4) is 0 Å². The maximum atomic E-state index is 5.44. The largest absolute Gasteiger partial charge is 0.340 e. The van der Waals surface area contributed by atoms with E-state index in [1.807, 2.05) is 66.7 Å². The number of hydrogen-bond acceptors (Lipinski definition) is 4. The molecule has 0 unspecified atom stereocenters. The van der Waals surface area contributed by atoms with Crippen LogP contribution in [0.4, 0.5) is 22.9 Å². The van der Waals surface area contributed by atoms with Gasteiger partial charge in [0.2, 0.25) is 0 Å². The average Bonchev–Trinajstić information content (AvgIpc) is 2.70. The highest BCUT2D eigenvalue weighted by molar-refractivity contribution is 9.10. The third kappa shape index (κ3) is 5.09. The van der Waals surface area contributed by atoms with Gasteiger partial charge in [0.05, 0.1) is 5.52 Å². The first-order chi connectivity index (χ1) is 14.1. The molecule has 0 aliphatic rings. The molecule has 4 rings (SSSR count). The Morgan fingerprint density at radius 2 is 1.52 bits per heavy atom. The van der Waals surface area contributed by atoms with E-state index in [4.69, 9.17) is 12.2 Å². The minimum atomic E-state index is 0.505. The zero-order valence-electron chi connectivity index (χ0n) is 15.0. The van der Waals surface area contributed by atoms with Gasteiger partial charge in [-0.3, -0.25) is 0 Å². The highest BCUT2D eigenvalue weighted by Crippen LogP contribution is 2.27. The number of nitrogens with one attached hydrogen (secondary N) is 3. The predicted octanol–water partition coefficient (Wildman–Crippen LogP) is 6.71. The van der Waals surface area contributed by atoms with Crippen LogP contribution in [0.25, 0.3) is 10.9 Å². The van der Waals surface area contributed by atoms with Crippen molar-refractivity contribution in [2.24, 2.45) is 0 Å². The number of aromatic nitrogens is 2. The maximum Gasteiger partial charge on any atom is 0.175 e. The smallest absolute Gasteiger partial charge is 0.175 e. The van der Waals surface area contributed by atoms with E-state index >= 15 is 0 Å². The van der Waals surface area contributed by atoms with Crippen molar-refractivity contribution < 1.29 is 0 Å². The summed E-state index contributed by atoms with van der Waals surface area (Å²) < 4.78 is 2.01. The zero-order chi connectivity index (χ0) is 20.2. The predicted molar refractivity (Wildman–Crippen MR) is 131 cm³/mol. The van der Waals surface area contributed by atoms with Gasteiger partial charge in [0.1, 0.15) is 12.1 Å². The Morgan fingerprint density at radius 3 is 2.31 bits per heavy atom. The summed E-state index contributed by atoms with van der Waals surface area (Å²) in [6.07, 6.45) is 1.55. The first-order valence-electron chi connectivity index (χ1n) is 8.68. The fourth-order valence-corrected chi connectivity index (χ4v) is 3.66. The summed E-state index contributed by atoms with van der Waals surface area (Å²) in [4.78, 5) is 8.77. The van der Waals surface area contributed by atoms with E-state index in [0.29, 0.717) is 5.11 Å². The summed E-state index contributed by atoms with van der Waals surface area (Å²) in [6.45, 7) is 0. The number of nitrogens with zero attached hydrogens (tertiary/aromatic N) is 2. The van der Waals surface area contributed by atoms with Crippen LogP contribution in [0.2, 0.25) is 0 Å². The van der Waals surface area contributed by atoms with Gasteiger partial charge in [0.25, 0.3) is 0 Å². The first-order valence-corrected chi connectivity index (χ1v) is 10.7. The fraction of sp³-hybridized carbons (Fsp3) is 0. The van der Waals surface area contributed by atoms with Crippen LogP contribution in [0.1, 0.15) is 0 Å². The Bertz CT molecular complexity index is 1180. The van der Waals surface area contributed by atoms with Crippen molar-refractivity contribution in [3.05, 3.63) is 82.0 Å². The van der Waals surface area contributed by atoms with Crippen molar-refractivity contribution in [2.45, 2.75) is 0 Å². The quantitative estimate of drug-likeness (QED) is 0.256. The van der Waals surface area contributed by atoms with Gasteiger partial charge in [-0.05, 0) is 72.9 Å². The summed E-state index contributed by atoms with van der Waals surface area (Å²) in [5.74, 6) is 0.725. The van der Waals surface area contributed by atoms with Gasteiger partial charge in [-0.1, -0.05) is 37.9 Å². The zero-order valence-corrected chi connectivity index (χ0v) is 19.0. The number of thiocarbonyl (C=S) groups is 1. The van der Waals surface area contributed by atoms with Crippen LogP contribution in [0.5, 0.6) is 0 Å². The molecule has 144 valence electrons. The molecule has 0 amide bonds. The van der Waals surface area contributed by atoms with Gasteiger partial charge in [0, 0.05) is 31.4 Å². The van der Waals surface area contributed by atoms with E-state index in [-0.39, 0.29) is 0 Å². The van der Waals surface area contributed by atoms with Crippen LogP contribution < -0.4 is 16.0 Å². The SMILES string of the molecule is S=C(Nc1ccc(Br)cc1)Nc1ccc2ncnc(Nc3cccc(Br)c3)c2c1. The molecule has 0 fully saturated rings. The van der Waals surface area contributed by atoms with E-state index in [0.717, 1.165) is 42.7 Å². The minimum Gasteiger partial charge on any atom is -0.340 e. The lowest BCUT2D eigenvalue weighted by atomic mass is 10.2. The highest BCUT2D eigenvalue weighted by atomic mass is 79.9. The van der Waals surface area contributed by atoms with Crippen molar-refractivity contribution >= 4 is 83.0 Å². The van der Waals surface area contributed by atoms with Gasteiger partial charge in [0.15, 0.2) is 5.11 Å². The van der Waals surface area contributed by atoms with Gasteiger partial charge in [-0.2, -0.15) is 0 Å². The minimum absolute atomic E-state index is 0.505. The molecule has 0 saturated heterocycles. The van der Waals surface area contributed by atoms with Crippen molar-refractivity contribution in [1.82, 2.24) is 9.97 Å². The Kier molecular flexibility index (Phi) is 6.03. The van der Waals surface area contributed by atoms with E-state index < -0.39 is 0 Å². The van der Waals surface area contributed by atoms with Crippen molar-refractivity contribution in [2.75, 3.05) is 16.0 Å². The molecular formula is C21H15Br2N5S. The van der Waals surface area contributed by atoms with Crippen LogP contribution >= 0.6 is 44.1 Å². The number of hydrogen-bond donors (Lipinski definition) is 3. The average molecular weight is 529 g/mol. The summed E-state index contributed by atoms with van der Waals surface area (Å²) in [5.41, 5.74) is 3.53. The van der Waals surface area contributed by atoms with E-state index in [1.54, 1.807) is 6.33 Å².